The Kier molecular flexibility index (Phi) is 11.1. The maximum atomic E-state index is 12.1. The second-order valence-corrected chi connectivity index (χ2v) is 13.5. The lowest BCUT2D eigenvalue weighted by Crippen LogP contribution is -2.18. The van der Waals surface area contributed by atoms with Crippen molar-refractivity contribution in [2.45, 2.75) is 23.6 Å². The van der Waals surface area contributed by atoms with Crippen LogP contribution in [0.25, 0.3) is 0 Å². The molecule has 248 valence electrons. The minimum atomic E-state index is -3.57. The quantitative estimate of drug-likeness (QED) is 0.0961. The molecular weight excluding hydrogens is 647 g/mol. The minimum absolute atomic E-state index is 0.135. The van der Waals surface area contributed by atoms with E-state index in [9.17, 15) is 16.8 Å². The van der Waals surface area contributed by atoms with E-state index in [0.29, 0.717) is 51.4 Å². The van der Waals surface area contributed by atoms with Gasteiger partial charge in [-0.25, -0.2) is 26.3 Å². The summed E-state index contributed by atoms with van der Waals surface area (Å²) >= 11 is 0. The van der Waals surface area contributed by atoms with Crippen LogP contribution in [0, 0.1) is 0 Å². The second-order valence-electron chi connectivity index (χ2n) is 9.77. The molecule has 1 aromatic heterocycles. The van der Waals surface area contributed by atoms with Crippen LogP contribution >= 0.6 is 0 Å². The lowest BCUT2D eigenvalue weighted by Gasteiger charge is -2.12. The predicted octanol–water partition coefficient (Wildman–Crippen LogP) is 3.73. The molecule has 4 aromatic rings. The number of sulfonamides is 2. The molecule has 0 bridgehead atoms. The van der Waals surface area contributed by atoms with E-state index in [1.807, 2.05) is 0 Å². The molecule has 0 aliphatic carbocycles. The van der Waals surface area contributed by atoms with Crippen LogP contribution in [0.1, 0.15) is 25.0 Å². The van der Waals surface area contributed by atoms with Gasteiger partial charge in [-0.2, -0.15) is 20.2 Å². The van der Waals surface area contributed by atoms with Gasteiger partial charge >= 0.3 is 0 Å². The summed E-state index contributed by atoms with van der Waals surface area (Å²) in [5.41, 5.74) is 8.95. The number of aromatic nitrogens is 2. The van der Waals surface area contributed by atoms with Crippen LogP contribution in [0.2, 0.25) is 0 Å². The highest BCUT2D eigenvalue weighted by Crippen LogP contribution is 2.28. The maximum Gasteiger partial charge on any atom is 0.240 e. The van der Waals surface area contributed by atoms with Crippen molar-refractivity contribution in [3.8, 4) is 11.5 Å². The molecule has 0 spiro atoms. The van der Waals surface area contributed by atoms with Crippen molar-refractivity contribution < 1.29 is 26.3 Å². The van der Waals surface area contributed by atoms with Gasteiger partial charge < -0.3 is 14.8 Å². The average Bonchev–Trinajstić information content (AvgIpc) is 3.09. The monoisotopic (exact) mass is 681 g/mol. The summed E-state index contributed by atoms with van der Waals surface area (Å²) in [7, 11) is -1.35. The number of benzene rings is 3. The number of hydrazone groups is 2. The maximum absolute atomic E-state index is 12.1. The lowest BCUT2D eigenvalue weighted by molar-refractivity contribution is 0.395. The van der Waals surface area contributed by atoms with E-state index < -0.39 is 20.0 Å². The molecule has 0 atom stereocenters. The molecule has 0 unspecified atom stereocenters. The number of nitrogens with one attached hydrogen (secondary N) is 5. The summed E-state index contributed by atoms with van der Waals surface area (Å²) in [5, 5.41) is 12.0. The van der Waals surface area contributed by atoms with Crippen molar-refractivity contribution in [2.24, 2.45) is 10.2 Å². The molecule has 47 heavy (non-hydrogen) atoms. The molecule has 0 saturated heterocycles. The summed E-state index contributed by atoms with van der Waals surface area (Å²) < 4.78 is 63.6. The Morgan fingerprint density at radius 2 is 1.04 bits per heavy atom. The number of hydrogen-bond donors (Lipinski definition) is 5. The van der Waals surface area contributed by atoms with Crippen LogP contribution in [0.5, 0.6) is 11.5 Å². The Balaban J connectivity index is 1.63. The van der Waals surface area contributed by atoms with Gasteiger partial charge in [0.05, 0.1) is 35.4 Å². The van der Waals surface area contributed by atoms with Crippen molar-refractivity contribution in [1.82, 2.24) is 19.4 Å². The van der Waals surface area contributed by atoms with Gasteiger partial charge in [-0.05, 0) is 63.3 Å². The SMILES string of the molecule is CNS(=O)(=O)c1ccc(C(C)=NNc2cc(NN=C(C)c3ccc(S(=O)(=O)NC)cc3)nc(Nc3cc(OC)cc(OC)c3)n2)cc1. The van der Waals surface area contributed by atoms with Crippen LogP contribution in [-0.2, 0) is 20.0 Å². The fraction of sp³-hybridized carbons (Fsp3) is 0.200. The molecule has 0 radical (unpaired) electrons. The van der Waals surface area contributed by atoms with Gasteiger partial charge in [-0.3, -0.25) is 10.9 Å². The summed E-state index contributed by atoms with van der Waals surface area (Å²) in [6.07, 6.45) is 0. The van der Waals surface area contributed by atoms with Gasteiger partial charge in [0, 0.05) is 30.0 Å². The number of methoxy groups -OCH3 is 2. The zero-order valence-corrected chi connectivity index (χ0v) is 28.1. The Hall–Kier alpha value is -5.10. The van der Waals surface area contributed by atoms with E-state index in [0.717, 1.165) is 0 Å². The van der Waals surface area contributed by atoms with Crippen LogP contribution in [0.4, 0.5) is 23.3 Å². The number of hydrogen-bond acceptors (Lipinski definition) is 13. The second kappa shape index (κ2) is 15.0. The summed E-state index contributed by atoms with van der Waals surface area (Å²) in [5.74, 6) is 1.92. The Morgan fingerprint density at radius 3 is 1.40 bits per heavy atom. The fourth-order valence-electron chi connectivity index (χ4n) is 4.02. The van der Waals surface area contributed by atoms with Gasteiger partial charge in [-0.15, -0.1) is 0 Å². The molecule has 0 amide bonds. The first-order valence-corrected chi connectivity index (χ1v) is 16.9. The van der Waals surface area contributed by atoms with E-state index in [4.69, 9.17) is 9.47 Å². The molecule has 0 aliphatic rings. The lowest BCUT2D eigenvalue weighted by atomic mass is 10.1. The topological polar surface area (TPSA) is 197 Å². The smallest absolute Gasteiger partial charge is 0.240 e. The van der Waals surface area contributed by atoms with Crippen LogP contribution in [0.3, 0.4) is 0 Å². The van der Waals surface area contributed by atoms with Crippen molar-refractivity contribution >= 4 is 54.7 Å². The van der Waals surface area contributed by atoms with Crippen LogP contribution < -0.4 is 35.1 Å². The zero-order chi connectivity index (χ0) is 34.2. The number of ether oxygens (including phenoxy) is 2. The molecule has 3 aromatic carbocycles. The number of rotatable bonds is 14. The summed E-state index contributed by atoms with van der Waals surface area (Å²) in [4.78, 5) is 9.33. The van der Waals surface area contributed by atoms with Gasteiger partial charge in [0.15, 0.2) is 11.6 Å². The molecule has 5 N–H and O–H groups in total. The Labute approximate surface area is 273 Å². The number of nitrogens with zero attached hydrogens (tertiary/aromatic N) is 4. The van der Waals surface area contributed by atoms with Crippen molar-refractivity contribution in [2.75, 3.05) is 44.5 Å². The highest BCUT2D eigenvalue weighted by Gasteiger charge is 2.13. The fourth-order valence-corrected chi connectivity index (χ4v) is 5.48. The van der Waals surface area contributed by atoms with Crippen molar-refractivity contribution in [1.29, 1.82) is 0 Å². The first-order chi connectivity index (χ1) is 22.4. The molecule has 0 aliphatic heterocycles. The third-order valence-electron chi connectivity index (χ3n) is 6.71. The molecule has 17 heteroatoms. The van der Waals surface area contributed by atoms with E-state index in [1.54, 1.807) is 76.6 Å². The normalized spacial score (nSPS) is 12.4. The largest absolute Gasteiger partial charge is 0.497 e. The van der Waals surface area contributed by atoms with Gasteiger partial charge in [0.1, 0.15) is 11.5 Å². The summed E-state index contributed by atoms with van der Waals surface area (Å²) in [6.45, 7) is 3.52. The third kappa shape index (κ3) is 9.01. The van der Waals surface area contributed by atoms with Gasteiger partial charge in [0.2, 0.25) is 26.0 Å². The predicted molar refractivity (Wildman–Crippen MR) is 182 cm³/mol. The average molecular weight is 682 g/mol. The van der Waals surface area contributed by atoms with E-state index in [-0.39, 0.29) is 15.7 Å². The van der Waals surface area contributed by atoms with Gasteiger partial charge in [0.25, 0.3) is 0 Å². The molecule has 15 nitrogen and oxygen atoms in total. The molecule has 0 fully saturated rings. The van der Waals surface area contributed by atoms with Crippen molar-refractivity contribution in [3.63, 3.8) is 0 Å². The standard InChI is InChI=1S/C30H35N9O6S2/c1-19(21-7-11-26(12-8-21)46(40,41)31-3)36-38-28-18-29(35-30(34-28)33-23-15-24(44-5)17-25(16-23)45-6)39-37-20(2)22-9-13-27(14-10-22)47(42,43)32-4/h7-18,31-32H,1-6H3,(H3,33,34,35,38,39). The first-order valence-electron chi connectivity index (χ1n) is 13.9. The van der Waals surface area contributed by atoms with Crippen molar-refractivity contribution in [3.05, 3.63) is 83.9 Å². The Morgan fingerprint density at radius 1 is 0.638 bits per heavy atom. The molecule has 1 heterocycles. The zero-order valence-electron chi connectivity index (χ0n) is 26.5. The van der Waals surface area contributed by atoms with Gasteiger partial charge in [-0.1, -0.05) is 24.3 Å². The highest BCUT2D eigenvalue weighted by atomic mass is 32.2. The highest BCUT2D eigenvalue weighted by molar-refractivity contribution is 7.89. The van der Waals surface area contributed by atoms with E-state index >= 15 is 0 Å². The molecular formula is C30H35N9O6S2. The molecule has 4 rings (SSSR count). The van der Waals surface area contributed by atoms with E-state index in [1.165, 1.54) is 38.4 Å². The van der Waals surface area contributed by atoms with E-state index in [2.05, 4.69) is 45.8 Å². The van der Waals surface area contributed by atoms with Crippen LogP contribution in [0.15, 0.2) is 92.8 Å². The molecule has 0 saturated carbocycles. The Bertz CT molecular complexity index is 1860. The minimum Gasteiger partial charge on any atom is -0.497 e. The summed E-state index contributed by atoms with van der Waals surface area (Å²) in [6, 6.07) is 19.4. The third-order valence-corrected chi connectivity index (χ3v) is 9.57. The van der Waals surface area contributed by atoms with Crippen LogP contribution in [-0.4, -0.2) is 66.5 Å². The number of anilines is 4. The first kappa shape index (κ1) is 34.8.